The van der Waals surface area contributed by atoms with Crippen LogP contribution >= 0.6 is 11.6 Å². The van der Waals surface area contributed by atoms with Crippen molar-refractivity contribution >= 4 is 23.3 Å². The number of halogens is 1. The van der Waals surface area contributed by atoms with Gasteiger partial charge >= 0.3 is 6.03 Å². The van der Waals surface area contributed by atoms with Crippen molar-refractivity contribution in [2.24, 2.45) is 0 Å². The second-order valence-corrected chi connectivity index (χ2v) is 7.54. The summed E-state index contributed by atoms with van der Waals surface area (Å²) in [6.45, 7) is 0.568. The second kappa shape index (κ2) is 8.67. The number of urea groups is 1. The maximum atomic E-state index is 13.2. The summed E-state index contributed by atoms with van der Waals surface area (Å²) < 4.78 is 11.0. The average Bonchev–Trinajstić information content (AvgIpc) is 2.77. The highest BCUT2D eigenvalue weighted by Gasteiger charge is 2.33. The van der Waals surface area contributed by atoms with Gasteiger partial charge in [-0.05, 0) is 59.5 Å². The third-order valence-corrected chi connectivity index (χ3v) is 5.56. The van der Waals surface area contributed by atoms with Gasteiger partial charge < -0.3 is 19.7 Å². The van der Waals surface area contributed by atoms with E-state index in [1.54, 1.807) is 14.2 Å². The summed E-state index contributed by atoms with van der Waals surface area (Å²) in [7, 11) is 3.24. The van der Waals surface area contributed by atoms with E-state index in [1.807, 2.05) is 71.6 Å². The molecule has 1 N–H and O–H groups in total. The molecule has 1 aliphatic heterocycles. The van der Waals surface area contributed by atoms with E-state index < -0.39 is 0 Å². The molecule has 0 radical (unpaired) electrons. The lowest BCUT2D eigenvalue weighted by Crippen LogP contribution is -2.43. The number of carbonyl (C=O) groups excluding carboxylic acids is 1. The van der Waals surface area contributed by atoms with Crippen LogP contribution in [0.2, 0.25) is 5.02 Å². The molecular weight excluding hydrogens is 400 g/mol. The Morgan fingerprint density at radius 2 is 1.73 bits per heavy atom. The summed E-state index contributed by atoms with van der Waals surface area (Å²) in [5.74, 6) is 1.32. The number of ether oxygens (including phenoxy) is 2. The monoisotopic (exact) mass is 422 g/mol. The van der Waals surface area contributed by atoms with E-state index in [2.05, 4.69) is 5.32 Å². The van der Waals surface area contributed by atoms with Gasteiger partial charge in [-0.1, -0.05) is 41.9 Å². The number of hydrogen-bond acceptors (Lipinski definition) is 3. The zero-order chi connectivity index (χ0) is 21.1. The fourth-order valence-corrected chi connectivity index (χ4v) is 4.12. The molecule has 1 heterocycles. The van der Waals surface area contributed by atoms with E-state index in [-0.39, 0.29) is 12.1 Å². The Balaban J connectivity index is 1.78. The highest BCUT2D eigenvalue weighted by Crippen LogP contribution is 2.41. The van der Waals surface area contributed by atoms with Gasteiger partial charge in [-0.3, -0.25) is 0 Å². The standard InChI is InChI=1S/C24H23ClN2O3/c1-29-21-14-16-11-12-27(24(28)26-19-9-4-3-5-10-19)23(20(16)15-22(21)30-2)17-7-6-8-18(25)13-17/h3-10,13-15,23H,11-12H2,1-2H3,(H,26,28). The minimum Gasteiger partial charge on any atom is -0.493 e. The number of benzene rings is 3. The van der Waals surface area contributed by atoms with Gasteiger partial charge in [0.15, 0.2) is 11.5 Å². The Hall–Kier alpha value is -3.18. The third kappa shape index (κ3) is 3.94. The maximum absolute atomic E-state index is 13.2. The highest BCUT2D eigenvalue weighted by atomic mass is 35.5. The van der Waals surface area contributed by atoms with Crippen LogP contribution in [0, 0.1) is 0 Å². The van der Waals surface area contributed by atoms with Crippen LogP contribution in [0.5, 0.6) is 11.5 Å². The van der Waals surface area contributed by atoms with Crippen molar-refractivity contribution in [1.29, 1.82) is 0 Å². The molecule has 6 heteroatoms. The van der Waals surface area contributed by atoms with E-state index in [0.717, 1.165) is 28.8 Å². The first-order valence-electron chi connectivity index (χ1n) is 9.73. The van der Waals surface area contributed by atoms with E-state index in [0.29, 0.717) is 23.1 Å². The Bertz CT molecular complexity index is 1060. The predicted octanol–water partition coefficient (Wildman–Crippen LogP) is 5.54. The number of amides is 2. The molecule has 1 aliphatic rings. The van der Waals surface area contributed by atoms with Crippen LogP contribution in [-0.4, -0.2) is 31.7 Å². The van der Waals surface area contributed by atoms with Gasteiger partial charge in [0.05, 0.1) is 20.3 Å². The fourth-order valence-electron chi connectivity index (χ4n) is 3.92. The number of nitrogens with one attached hydrogen (secondary N) is 1. The number of methoxy groups -OCH3 is 2. The topological polar surface area (TPSA) is 50.8 Å². The Morgan fingerprint density at radius 1 is 1.00 bits per heavy atom. The molecule has 3 aromatic rings. The summed E-state index contributed by atoms with van der Waals surface area (Å²) in [6.07, 6.45) is 0.717. The number of carbonyl (C=O) groups is 1. The van der Waals surface area contributed by atoms with Crippen LogP contribution in [0.3, 0.4) is 0 Å². The average molecular weight is 423 g/mol. The molecule has 4 rings (SSSR count). The van der Waals surface area contributed by atoms with Crippen molar-refractivity contribution in [2.45, 2.75) is 12.5 Å². The number of nitrogens with zero attached hydrogens (tertiary/aromatic N) is 1. The molecule has 2 amide bonds. The number of para-hydroxylation sites is 1. The summed E-state index contributed by atoms with van der Waals surface area (Å²) in [4.78, 5) is 15.1. The molecule has 0 aromatic heterocycles. The van der Waals surface area contributed by atoms with Crippen molar-refractivity contribution in [3.8, 4) is 11.5 Å². The van der Waals surface area contributed by atoms with Gasteiger partial charge in [0, 0.05) is 17.3 Å². The van der Waals surface area contributed by atoms with Crippen molar-refractivity contribution < 1.29 is 14.3 Å². The molecule has 30 heavy (non-hydrogen) atoms. The van der Waals surface area contributed by atoms with Gasteiger partial charge in [-0.25, -0.2) is 4.79 Å². The number of anilines is 1. The molecule has 154 valence electrons. The zero-order valence-electron chi connectivity index (χ0n) is 16.9. The van der Waals surface area contributed by atoms with E-state index in [1.165, 1.54) is 0 Å². The van der Waals surface area contributed by atoms with Crippen LogP contribution in [0.25, 0.3) is 0 Å². The highest BCUT2D eigenvalue weighted by molar-refractivity contribution is 6.30. The van der Waals surface area contributed by atoms with E-state index in [9.17, 15) is 4.79 Å². The summed E-state index contributed by atoms with van der Waals surface area (Å²) >= 11 is 6.29. The normalized spacial score (nSPS) is 15.3. The first-order valence-corrected chi connectivity index (χ1v) is 10.1. The van der Waals surface area contributed by atoms with Crippen LogP contribution in [0.1, 0.15) is 22.7 Å². The number of hydrogen-bond donors (Lipinski definition) is 1. The van der Waals surface area contributed by atoms with Crippen LogP contribution in [-0.2, 0) is 6.42 Å². The minimum atomic E-state index is -0.295. The van der Waals surface area contributed by atoms with Crippen molar-refractivity contribution in [3.63, 3.8) is 0 Å². The zero-order valence-corrected chi connectivity index (χ0v) is 17.6. The van der Waals surface area contributed by atoms with Crippen LogP contribution in [0.15, 0.2) is 66.7 Å². The van der Waals surface area contributed by atoms with Gasteiger partial charge in [0.2, 0.25) is 0 Å². The van der Waals surface area contributed by atoms with Crippen molar-refractivity contribution in [1.82, 2.24) is 4.90 Å². The second-order valence-electron chi connectivity index (χ2n) is 7.10. The van der Waals surface area contributed by atoms with Gasteiger partial charge in [0.25, 0.3) is 0 Å². The van der Waals surface area contributed by atoms with Crippen LogP contribution < -0.4 is 14.8 Å². The van der Waals surface area contributed by atoms with Crippen molar-refractivity contribution in [3.05, 3.63) is 88.4 Å². The Labute approximate surface area is 181 Å². The smallest absolute Gasteiger partial charge is 0.322 e. The first kappa shape index (κ1) is 20.1. The SMILES string of the molecule is COc1cc2c(cc1OC)C(c1cccc(Cl)c1)N(C(=O)Nc1ccccc1)CC2. The molecule has 0 spiro atoms. The molecule has 5 nitrogen and oxygen atoms in total. The van der Waals surface area contributed by atoms with Gasteiger partial charge in [-0.15, -0.1) is 0 Å². The molecule has 0 bridgehead atoms. The Morgan fingerprint density at radius 3 is 2.43 bits per heavy atom. The Kier molecular flexibility index (Phi) is 5.81. The van der Waals surface area contributed by atoms with Gasteiger partial charge in [-0.2, -0.15) is 0 Å². The molecule has 3 aromatic carbocycles. The molecule has 0 fully saturated rings. The minimum absolute atomic E-state index is 0.161. The lowest BCUT2D eigenvalue weighted by Gasteiger charge is -2.38. The van der Waals surface area contributed by atoms with E-state index >= 15 is 0 Å². The fraction of sp³-hybridized carbons (Fsp3) is 0.208. The quantitative estimate of drug-likeness (QED) is 0.600. The molecule has 1 unspecified atom stereocenters. The molecular formula is C24H23ClN2O3. The summed E-state index contributed by atoms with van der Waals surface area (Å²) in [5.41, 5.74) is 3.83. The lowest BCUT2D eigenvalue weighted by atomic mass is 9.88. The van der Waals surface area contributed by atoms with Gasteiger partial charge in [0.1, 0.15) is 0 Å². The predicted molar refractivity (Wildman–Crippen MR) is 119 cm³/mol. The maximum Gasteiger partial charge on any atom is 0.322 e. The molecule has 0 saturated heterocycles. The molecule has 0 saturated carbocycles. The van der Waals surface area contributed by atoms with E-state index in [4.69, 9.17) is 21.1 Å². The number of rotatable bonds is 4. The summed E-state index contributed by atoms with van der Waals surface area (Å²) in [5, 5.41) is 3.63. The lowest BCUT2D eigenvalue weighted by molar-refractivity contribution is 0.193. The molecule has 1 atom stereocenters. The third-order valence-electron chi connectivity index (χ3n) is 5.32. The summed E-state index contributed by atoms with van der Waals surface area (Å²) in [6, 6.07) is 20.6. The van der Waals surface area contributed by atoms with Crippen LogP contribution in [0.4, 0.5) is 10.5 Å². The molecule has 0 aliphatic carbocycles. The first-order chi connectivity index (χ1) is 14.6. The van der Waals surface area contributed by atoms with Crippen molar-refractivity contribution in [2.75, 3.05) is 26.1 Å². The number of fused-ring (bicyclic) bond motifs is 1. The largest absolute Gasteiger partial charge is 0.493 e.